The molecule has 4 aliphatic rings. The van der Waals surface area contributed by atoms with Crippen molar-refractivity contribution in [1.29, 1.82) is 0 Å². The average molecular weight is 746 g/mol. The van der Waals surface area contributed by atoms with Crippen molar-refractivity contribution in [2.45, 2.75) is 70.1 Å². The Morgan fingerprint density at radius 1 is 1.16 bits per heavy atom. The molecule has 3 aromatic rings. The third kappa shape index (κ3) is 6.94. The van der Waals surface area contributed by atoms with Crippen LogP contribution in [-0.2, 0) is 37.0 Å². The van der Waals surface area contributed by atoms with Crippen LogP contribution >= 0.6 is 23.2 Å². The molecule has 2 fully saturated rings. The van der Waals surface area contributed by atoms with Crippen molar-refractivity contribution < 1.29 is 36.2 Å². The number of nitrogens with one attached hydrogen (secondary N) is 1. The zero-order valence-electron chi connectivity index (χ0n) is 27.2. The maximum atomic E-state index is 15.1. The van der Waals surface area contributed by atoms with Crippen LogP contribution in [0.5, 0.6) is 6.01 Å². The first-order chi connectivity index (χ1) is 23.8. The molecule has 0 bridgehead atoms. The summed E-state index contributed by atoms with van der Waals surface area (Å²) in [5.74, 6) is -1.27. The van der Waals surface area contributed by atoms with Crippen LogP contribution in [0, 0.1) is 5.82 Å². The first kappa shape index (κ1) is 36.1. The summed E-state index contributed by atoms with van der Waals surface area (Å²) in [6, 6.07) is 1.38. The number of hydrogen-bond acceptors (Lipinski definition) is 9. The van der Waals surface area contributed by atoms with E-state index in [4.69, 9.17) is 38.4 Å². The Morgan fingerprint density at radius 2 is 1.94 bits per heavy atom. The Labute approximate surface area is 294 Å². The second-order valence-corrected chi connectivity index (χ2v) is 13.2. The van der Waals surface area contributed by atoms with E-state index >= 15 is 4.39 Å². The fourth-order valence-electron chi connectivity index (χ4n) is 6.99. The average Bonchev–Trinajstić information content (AvgIpc) is 3.73. The summed E-state index contributed by atoms with van der Waals surface area (Å²) in [5.41, 5.74) is 5.45. The molecule has 2 unspecified atom stereocenters. The Hall–Kier alpha value is -3.73. The highest BCUT2D eigenvalue weighted by molar-refractivity contribution is 6.34. The summed E-state index contributed by atoms with van der Waals surface area (Å²) in [7, 11) is 2.83. The fraction of sp³-hybridized carbons (Fsp3) is 0.500. The Morgan fingerprint density at radius 3 is 2.62 bits per heavy atom. The largest absolute Gasteiger partial charge is 0.467 e. The van der Waals surface area contributed by atoms with Gasteiger partial charge >= 0.3 is 12.2 Å². The van der Waals surface area contributed by atoms with Gasteiger partial charge in [-0.3, -0.25) is 14.4 Å². The number of anilines is 2. The predicted octanol–water partition coefficient (Wildman–Crippen LogP) is 6.02. The van der Waals surface area contributed by atoms with Crippen LogP contribution in [0.3, 0.4) is 0 Å². The number of ether oxygens (including phenoxy) is 2. The van der Waals surface area contributed by atoms with Crippen molar-refractivity contribution >= 4 is 40.6 Å². The summed E-state index contributed by atoms with van der Waals surface area (Å²) < 4.78 is 81.6. The van der Waals surface area contributed by atoms with Gasteiger partial charge in [0.2, 0.25) is 0 Å². The summed E-state index contributed by atoms with van der Waals surface area (Å²) in [6.45, 7) is 3.05. The van der Waals surface area contributed by atoms with Gasteiger partial charge in [0.15, 0.2) is 11.5 Å². The van der Waals surface area contributed by atoms with Crippen molar-refractivity contribution in [3.63, 3.8) is 0 Å². The lowest BCUT2D eigenvalue weighted by Gasteiger charge is -2.31. The van der Waals surface area contributed by atoms with Crippen LogP contribution in [0.1, 0.15) is 70.4 Å². The molecule has 1 amide bonds. The van der Waals surface area contributed by atoms with Crippen molar-refractivity contribution in [3.8, 4) is 6.01 Å². The number of fused-ring (bicyclic) bond motifs is 3. The van der Waals surface area contributed by atoms with E-state index in [0.29, 0.717) is 48.3 Å². The first-order valence-corrected chi connectivity index (χ1v) is 16.7. The molecule has 270 valence electrons. The van der Waals surface area contributed by atoms with Gasteiger partial charge in [0.05, 0.1) is 65.4 Å². The summed E-state index contributed by atoms with van der Waals surface area (Å²) in [6.07, 6.45) is -1.59. The molecule has 2 aromatic heterocycles. The van der Waals surface area contributed by atoms with Gasteiger partial charge < -0.3 is 25.4 Å². The Balaban J connectivity index is 0.000000367. The van der Waals surface area contributed by atoms with E-state index in [1.807, 2.05) is 4.90 Å². The second-order valence-electron chi connectivity index (χ2n) is 12.4. The number of alkyl halides is 3. The second kappa shape index (κ2) is 14.5. The zero-order valence-corrected chi connectivity index (χ0v) is 28.7. The molecule has 0 radical (unpaired) electrons. The van der Waals surface area contributed by atoms with Crippen LogP contribution in [0.15, 0.2) is 18.0 Å². The fourth-order valence-corrected chi connectivity index (χ4v) is 7.60. The van der Waals surface area contributed by atoms with Crippen LogP contribution in [0.4, 0.5) is 33.5 Å². The van der Waals surface area contributed by atoms with Gasteiger partial charge in [-0.25, -0.2) is 8.78 Å². The molecule has 0 spiro atoms. The van der Waals surface area contributed by atoms with Gasteiger partial charge in [-0.15, -0.1) is 0 Å². The number of carbonyl (C=O) groups is 1. The molecule has 0 aliphatic carbocycles. The smallest absolute Gasteiger partial charge is 0.418 e. The van der Waals surface area contributed by atoms with Gasteiger partial charge in [0, 0.05) is 50.3 Å². The number of nitrogen functional groups attached to an aromatic ring is 1. The lowest BCUT2D eigenvalue weighted by atomic mass is 9.93. The lowest BCUT2D eigenvalue weighted by molar-refractivity contribution is -0.140. The zero-order chi connectivity index (χ0) is 35.9. The molecule has 6 heterocycles. The van der Waals surface area contributed by atoms with E-state index < -0.39 is 45.8 Å². The van der Waals surface area contributed by atoms with Crippen molar-refractivity contribution in [2.24, 2.45) is 0 Å². The van der Waals surface area contributed by atoms with E-state index in [0.717, 1.165) is 30.9 Å². The monoisotopic (exact) mass is 744 g/mol. The van der Waals surface area contributed by atoms with E-state index in [1.54, 1.807) is 4.68 Å². The van der Waals surface area contributed by atoms with E-state index in [2.05, 4.69) is 25.3 Å². The van der Waals surface area contributed by atoms with Crippen LogP contribution < -0.4 is 20.7 Å². The Kier molecular flexibility index (Phi) is 10.4. The number of methoxy groups -OCH3 is 1. The number of hydrogen-bond donors (Lipinski definition) is 2. The number of aromatic nitrogens is 4. The van der Waals surface area contributed by atoms with Gasteiger partial charge in [0.25, 0.3) is 5.91 Å². The maximum Gasteiger partial charge on any atom is 0.418 e. The van der Waals surface area contributed by atoms with Gasteiger partial charge in [0.1, 0.15) is 5.82 Å². The van der Waals surface area contributed by atoms with E-state index in [1.165, 1.54) is 33.5 Å². The van der Waals surface area contributed by atoms with Crippen molar-refractivity contribution in [2.75, 3.05) is 44.4 Å². The molecule has 18 heteroatoms. The number of nitrogens with two attached hydrogens (primary N) is 1. The minimum atomic E-state index is -4.96. The molecular formula is C32H35Cl2F5N8O3. The standard InChI is InChI=1S/C24H23Cl2F4N7O3.C8H12FN/c1-32-22(38)20-18(26)14-8-36(4-3-5-37(14)35-20)21-10-9-40-15(7-13(10)33-23(34-21)39-2)16-17(24(28,29)30)11(25)6-12(31)19(16)27;9-5-7-4-8-2-1-3-10(8)6-7/h6,15H,3-5,7-9,31H2,1-2H3,(H,32,38);5,8H,1-4,6H2/b;7-5-. The van der Waals surface area contributed by atoms with E-state index in [-0.39, 0.29) is 36.3 Å². The molecule has 50 heavy (non-hydrogen) atoms. The van der Waals surface area contributed by atoms with Crippen molar-refractivity contribution in [3.05, 3.63) is 67.6 Å². The lowest BCUT2D eigenvalue weighted by Crippen LogP contribution is -2.29. The molecule has 7 rings (SSSR count). The highest BCUT2D eigenvalue weighted by Crippen LogP contribution is 2.46. The molecule has 3 N–H and O–H groups in total. The molecular weight excluding hydrogens is 710 g/mol. The van der Waals surface area contributed by atoms with Gasteiger partial charge in [-0.2, -0.15) is 28.2 Å². The minimum Gasteiger partial charge on any atom is -0.467 e. The molecule has 0 saturated carbocycles. The number of benzene rings is 1. The molecule has 2 atom stereocenters. The van der Waals surface area contributed by atoms with Gasteiger partial charge in [-0.05, 0) is 43.9 Å². The Bertz CT molecular complexity index is 1810. The minimum absolute atomic E-state index is 0.0357. The summed E-state index contributed by atoms with van der Waals surface area (Å²) in [5, 5.41) is 6.32. The van der Waals surface area contributed by atoms with Crippen LogP contribution in [0.25, 0.3) is 0 Å². The third-order valence-corrected chi connectivity index (χ3v) is 10.1. The van der Waals surface area contributed by atoms with Crippen molar-refractivity contribution in [1.82, 2.24) is 30.0 Å². The molecule has 4 aliphatic heterocycles. The van der Waals surface area contributed by atoms with E-state index in [9.17, 15) is 22.4 Å². The number of aryl methyl sites for hydroxylation is 1. The summed E-state index contributed by atoms with van der Waals surface area (Å²) in [4.78, 5) is 25.3. The molecule has 2 saturated heterocycles. The predicted molar refractivity (Wildman–Crippen MR) is 175 cm³/mol. The normalized spacial score (nSPS) is 21.2. The third-order valence-electron chi connectivity index (χ3n) is 9.36. The van der Waals surface area contributed by atoms with Crippen LogP contribution in [0.2, 0.25) is 10.0 Å². The number of halogens is 7. The van der Waals surface area contributed by atoms with Crippen LogP contribution in [-0.4, -0.2) is 70.4 Å². The number of amides is 1. The molecule has 11 nitrogen and oxygen atoms in total. The number of rotatable bonds is 4. The maximum absolute atomic E-state index is 15.1. The number of nitrogens with zero attached hydrogens (tertiary/aromatic N) is 6. The quantitative estimate of drug-likeness (QED) is 0.244. The SMILES string of the molecule is CNC(=O)c1nn2c(c1Cl)CN(c1nc(OC)nc3c1COC(c1c(F)c(N)cc(Cl)c1C(F)(F)F)C3)CCC2.F/C=C1/CC2CCCN2C1. The first-order valence-electron chi connectivity index (χ1n) is 16.0. The summed E-state index contributed by atoms with van der Waals surface area (Å²) >= 11 is 12.4. The number of carbonyl (C=O) groups excluding carboxylic acids is 1. The highest BCUT2D eigenvalue weighted by atomic mass is 35.5. The topological polar surface area (TPSA) is 124 Å². The highest BCUT2D eigenvalue weighted by Gasteiger charge is 2.42. The van der Waals surface area contributed by atoms with Gasteiger partial charge in [-0.1, -0.05) is 23.2 Å². The molecule has 1 aromatic carbocycles.